The van der Waals surface area contributed by atoms with Gasteiger partial charge in [-0.05, 0) is 18.9 Å². The second-order valence-corrected chi connectivity index (χ2v) is 7.05. The van der Waals surface area contributed by atoms with Gasteiger partial charge in [0, 0.05) is 77.7 Å². The molecule has 28 heavy (non-hydrogen) atoms. The van der Waals surface area contributed by atoms with E-state index in [0.717, 1.165) is 64.0 Å². The van der Waals surface area contributed by atoms with Crippen molar-refractivity contribution < 1.29 is 0 Å². The maximum Gasteiger partial charge on any atom is 0.225 e. The number of imidazole rings is 1. The van der Waals surface area contributed by atoms with Crippen LogP contribution in [0.4, 0.5) is 5.95 Å². The average molecular weight is 496 g/mol. The Balaban J connectivity index is 0.00000225. The van der Waals surface area contributed by atoms with E-state index >= 15 is 0 Å². The molecular weight excluding hydrogens is 467 g/mol. The Labute approximate surface area is 183 Å². The van der Waals surface area contributed by atoms with E-state index in [1.165, 1.54) is 24.4 Å². The van der Waals surface area contributed by atoms with Gasteiger partial charge in [0.15, 0.2) is 5.96 Å². The highest BCUT2D eigenvalue weighted by atomic mass is 127. The van der Waals surface area contributed by atoms with Gasteiger partial charge in [-0.2, -0.15) is 0 Å². The summed E-state index contributed by atoms with van der Waals surface area (Å²) in [6, 6.07) is 1.85. The van der Waals surface area contributed by atoms with Crippen LogP contribution in [0.1, 0.15) is 24.4 Å². The zero-order chi connectivity index (χ0) is 18.5. The Morgan fingerprint density at radius 1 is 1.11 bits per heavy atom. The molecule has 0 spiro atoms. The van der Waals surface area contributed by atoms with Crippen molar-refractivity contribution in [1.82, 2.24) is 29.7 Å². The Morgan fingerprint density at radius 2 is 1.89 bits per heavy atom. The fourth-order valence-corrected chi connectivity index (χ4v) is 3.80. The van der Waals surface area contributed by atoms with E-state index in [1.807, 2.05) is 13.1 Å². The van der Waals surface area contributed by atoms with Crippen LogP contribution in [0.15, 0.2) is 29.6 Å². The van der Waals surface area contributed by atoms with Crippen molar-refractivity contribution in [3.05, 3.63) is 36.2 Å². The molecule has 4 heterocycles. The van der Waals surface area contributed by atoms with Gasteiger partial charge in [-0.1, -0.05) is 0 Å². The Hall–Kier alpha value is -1.91. The first kappa shape index (κ1) is 20.8. The highest BCUT2D eigenvalue weighted by molar-refractivity contribution is 14.0. The van der Waals surface area contributed by atoms with E-state index < -0.39 is 0 Å². The molecule has 152 valence electrons. The lowest BCUT2D eigenvalue weighted by Gasteiger charge is -2.36. The molecule has 4 rings (SSSR count). The lowest BCUT2D eigenvalue weighted by atomic mass is 10.2. The lowest BCUT2D eigenvalue weighted by Crippen LogP contribution is -2.53. The van der Waals surface area contributed by atoms with Gasteiger partial charge in [-0.25, -0.2) is 15.0 Å². The molecule has 0 aliphatic carbocycles. The second-order valence-electron chi connectivity index (χ2n) is 7.05. The summed E-state index contributed by atoms with van der Waals surface area (Å²) in [5, 5.41) is 3.50. The SMILES string of the molecule is CN=C(NCCc1cn2c(n1)CCCC2)N1CCN(c2ncccn2)CC1.I. The van der Waals surface area contributed by atoms with Crippen molar-refractivity contribution in [2.24, 2.45) is 4.99 Å². The van der Waals surface area contributed by atoms with Crippen LogP contribution >= 0.6 is 24.0 Å². The fourth-order valence-electron chi connectivity index (χ4n) is 3.80. The van der Waals surface area contributed by atoms with Crippen molar-refractivity contribution in [2.45, 2.75) is 32.2 Å². The van der Waals surface area contributed by atoms with Gasteiger partial charge in [0.2, 0.25) is 5.95 Å². The molecule has 8 nitrogen and oxygen atoms in total. The summed E-state index contributed by atoms with van der Waals surface area (Å²) in [5.41, 5.74) is 1.18. The van der Waals surface area contributed by atoms with Gasteiger partial charge in [-0.3, -0.25) is 4.99 Å². The van der Waals surface area contributed by atoms with Crippen LogP contribution in [0.25, 0.3) is 0 Å². The molecule has 1 fully saturated rings. The molecule has 0 radical (unpaired) electrons. The van der Waals surface area contributed by atoms with E-state index in [-0.39, 0.29) is 24.0 Å². The van der Waals surface area contributed by atoms with Gasteiger partial charge in [0.05, 0.1) is 5.69 Å². The molecule has 0 atom stereocenters. The molecule has 1 N–H and O–H groups in total. The number of anilines is 1. The number of aromatic nitrogens is 4. The van der Waals surface area contributed by atoms with E-state index in [1.54, 1.807) is 12.4 Å². The summed E-state index contributed by atoms with van der Waals surface area (Å²) in [5.74, 6) is 3.02. The number of fused-ring (bicyclic) bond motifs is 1. The van der Waals surface area contributed by atoms with Crippen LogP contribution in [0.5, 0.6) is 0 Å². The minimum Gasteiger partial charge on any atom is -0.356 e. The van der Waals surface area contributed by atoms with Gasteiger partial charge >= 0.3 is 0 Å². The first-order valence-electron chi connectivity index (χ1n) is 9.86. The minimum absolute atomic E-state index is 0. The zero-order valence-electron chi connectivity index (χ0n) is 16.4. The Morgan fingerprint density at radius 3 is 2.61 bits per heavy atom. The highest BCUT2D eigenvalue weighted by Gasteiger charge is 2.21. The molecule has 1 saturated heterocycles. The number of halogens is 1. The predicted octanol–water partition coefficient (Wildman–Crippen LogP) is 1.57. The van der Waals surface area contributed by atoms with Crippen molar-refractivity contribution in [1.29, 1.82) is 0 Å². The van der Waals surface area contributed by atoms with Crippen molar-refractivity contribution in [2.75, 3.05) is 44.7 Å². The molecule has 0 saturated carbocycles. The maximum absolute atomic E-state index is 4.78. The zero-order valence-corrected chi connectivity index (χ0v) is 18.7. The summed E-state index contributed by atoms with van der Waals surface area (Å²) < 4.78 is 2.32. The van der Waals surface area contributed by atoms with Gasteiger partial charge in [0.1, 0.15) is 5.82 Å². The monoisotopic (exact) mass is 496 g/mol. The molecule has 2 aromatic rings. The fraction of sp³-hybridized carbons (Fsp3) is 0.579. The van der Waals surface area contributed by atoms with Crippen LogP contribution in [-0.2, 0) is 19.4 Å². The molecule has 0 aromatic carbocycles. The molecule has 0 unspecified atom stereocenters. The number of rotatable bonds is 4. The first-order valence-corrected chi connectivity index (χ1v) is 9.86. The number of hydrogen-bond donors (Lipinski definition) is 1. The number of nitrogens with zero attached hydrogens (tertiary/aromatic N) is 7. The predicted molar refractivity (Wildman–Crippen MR) is 121 cm³/mol. The Kier molecular flexibility index (Phi) is 7.46. The van der Waals surface area contributed by atoms with E-state index in [2.05, 4.69) is 40.8 Å². The molecular formula is C19H29IN8. The normalized spacial score (nSPS) is 17.1. The third-order valence-corrected chi connectivity index (χ3v) is 5.25. The summed E-state index contributed by atoms with van der Waals surface area (Å²) in [7, 11) is 1.85. The van der Waals surface area contributed by atoms with Gasteiger partial charge in [0.25, 0.3) is 0 Å². The van der Waals surface area contributed by atoms with Crippen LogP contribution in [-0.4, -0.2) is 70.1 Å². The quantitative estimate of drug-likeness (QED) is 0.394. The molecule has 0 bridgehead atoms. The molecule has 0 amide bonds. The smallest absolute Gasteiger partial charge is 0.225 e. The third-order valence-electron chi connectivity index (χ3n) is 5.25. The average Bonchev–Trinajstić information content (AvgIpc) is 3.15. The summed E-state index contributed by atoms with van der Waals surface area (Å²) >= 11 is 0. The third kappa shape index (κ3) is 4.92. The number of hydrogen-bond acceptors (Lipinski definition) is 5. The highest BCUT2D eigenvalue weighted by Crippen LogP contribution is 2.14. The van der Waals surface area contributed by atoms with Crippen molar-refractivity contribution in [3.63, 3.8) is 0 Å². The van der Waals surface area contributed by atoms with Crippen LogP contribution < -0.4 is 10.2 Å². The van der Waals surface area contributed by atoms with Crippen LogP contribution in [0.3, 0.4) is 0 Å². The molecule has 9 heteroatoms. The van der Waals surface area contributed by atoms with Crippen LogP contribution in [0, 0.1) is 0 Å². The summed E-state index contributed by atoms with van der Waals surface area (Å²) in [4.78, 5) is 22.5. The lowest BCUT2D eigenvalue weighted by molar-refractivity contribution is 0.370. The number of guanidine groups is 1. The van der Waals surface area contributed by atoms with Crippen molar-refractivity contribution in [3.8, 4) is 0 Å². The van der Waals surface area contributed by atoms with Gasteiger partial charge < -0.3 is 19.7 Å². The molecule has 2 aromatic heterocycles. The maximum atomic E-state index is 4.78. The van der Waals surface area contributed by atoms with E-state index in [9.17, 15) is 0 Å². The molecule has 2 aliphatic rings. The van der Waals surface area contributed by atoms with Crippen LogP contribution in [0.2, 0.25) is 0 Å². The topological polar surface area (TPSA) is 74.5 Å². The standard InChI is InChI=1S/C19H28N8.HI/c1-20-18(23-9-6-16-15-27-10-3-2-5-17(27)24-16)25-11-13-26(14-12-25)19-21-7-4-8-22-19;/h4,7-8,15H,2-3,5-6,9-14H2,1H3,(H,20,23);1H. The molecule has 2 aliphatic heterocycles. The number of aliphatic imine (C=N–C) groups is 1. The second kappa shape index (κ2) is 10.0. The number of piperazine rings is 1. The van der Waals surface area contributed by atoms with Crippen molar-refractivity contribution >= 4 is 35.9 Å². The summed E-state index contributed by atoms with van der Waals surface area (Å²) in [6.45, 7) is 5.60. The number of nitrogens with one attached hydrogen (secondary N) is 1. The summed E-state index contributed by atoms with van der Waals surface area (Å²) in [6.07, 6.45) is 10.4. The largest absolute Gasteiger partial charge is 0.356 e. The van der Waals surface area contributed by atoms with E-state index in [0.29, 0.717) is 0 Å². The van der Waals surface area contributed by atoms with Gasteiger partial charge in [-0.15, -0.1) is 24.0 Å². The van der Waals surface area contributed by atoms with E-state index in [4.69, 9.17) is 4.98 Å². The first-order chi connectivity index (χ1) is 13.3. The Bertz CT molecular complexity index is 744. The minimum atomic E-state index is 0. The number of aryl methyl sites for hydroxylation is 2.